The van der Waals surface area contributed by atoms with E-state index >= 15 is 0 Å². The van der Waals surface area contributed by atoms with Crippen molar-refractivity contribution in [2.45, 2.75) is 13.0 Å². The molecule has 17 heavy (non-hydrogen) atoms. The quantitative estimate of drug-likeness (QED) is 0.426. The zero-order chi connectivity index (χ0) is 12.8. The van der Waals surface area contributed by atoms with Crippen LogP contribution >= 0.6 is 12.2 Å². The first kappa shape index (κ1) is 13.3. The fourth-order valence-electron chi connectivity index (χ4n) is 1.08. The molecule has 0 unspecified atom stereocenters. The lowest BCUT2D eigenvalue weighted by atomic mass is 10.3. The number of benzene rings is 1. The van der Waals surface area contributed by atoms with Gasteiger partial charge in [0.1, 0.15) is 0 Å². The molecule has 0 saturated heterocycles. The summed E-state index contributed by atoms with van der Waals surface area (Å²) in [5, 5.41) is 25.5. The average Bonchev–Trinajstić information content (AvgIpc) is 2.27. The van der Waals surface area contributed by atoms with E-state index in [2.05, 4.69) is 10.6 Å². The second-order valence-corrected chi connectivity index (χ2v) is 3.90. The van der Waals surface area contributed by atoms with Crippen molar-refractivity contribution in [3.8, 4) is 0 Å². The van der Waals surface area contributed by atoms with Crippen molar-refractivity contribution in [2.24, 2.45) is 0 Å². The minimum atomic E-state index is -0.494. The fourth-order valence-corrected chi connectivity index (χ4v) is 1.28. The van der Waals surface area contributed by atoms with E-state index in [-0.39, 0.29) is 5.69 Å². The Kier molecular flexibility index (Phi) is 4.80. The molecule has 0 aliphatic heterocycles. The van der Waals surface area contributed by atoms with Crippen molar-refractivity contribution in [2.75, 3.05) is 11.9 Å². The van der Waals surface area contributed by atoms with Gasteiger partial charge in [0, 0.05) is 24.4 Å². The molecule has 0 bridgehead atoms. The zero-order valence-electron chi connectivity index (χ0n) is 9.21. The van der Waals surface area contributed by atoms with Gasteiger partial charge >= 0.3 is 0 Å². The van der Waals surface area contributed by atoms with Gasteiger partial charge < -0.3 is 15.7 Å². The van der Waals surface area contributed by atoms with Gasteiger partial charge in [-0.15, -0.1) is 0 Å². The van der Waals surface area contributed by atoms with Crippen LogP contribution in [0.3, 0.4) is 0 Å². The van der Waals surface area contributed by atoms with E-state index in [4.69, 9.17) is 17.3 Å². The normalized spacial score (nSPS) is 11.6. The number of aliphatic hydroxyl groups is 1. The molecule has 0 radical (unpaired) electrons. The van der Waals surface area contributed by atoms with Crippen molar-refractivity contribution in [3.05, 3.63) is 34.4 Å². The van der Waals surface area contributed by atoms with Gasteiger partial charge in [-0.3, -0.25) is 10.1 Å². The average molecular weight is 255 g/mol. The first-order chi connectivity index (χ1) is 7.99. The molecule has 0 fully saturated rings. The molecule has 1 rings (SSSR count). The van der Waals surface area contributed by atoms with Crippen LogP contribution in [-0.2, 0) is 0 Å². The first-order valence-electron chi connectivity index (χ1n) is 4.96. The highest BCUT2D eigenvalue weighted by atomic mass is 32.1. The molecule has 0 amide bonds. The van der Waals surface area contributed by atoms with E-state index in [1.54, 1.807) is 19.1 Å². The second kappa shape index (κ2) is 6.12. The lowest BCUT2D eigenvalue weighted by Crippen LogP contribution is -2.33. The first-order valence-corrected chi connectivity index (χ1v) is 5.37. The Morgan fingerprint density at radius 1 is 1.53 bits per heavy atom. The summed E-state index contributed by atoms with van der Waals surface area (Å²) in [5.41, 5.74) is 0.678. The second-order valence-electron chi connectivity index (χ2n) is 3.49. The van der Waals surface area contributed by atoms with Crippen LogP contribution in [0.5, 0.6) is 0 Å². The third-order valence-corrected chi connectivity index (χ3v) is 2.14. The Bertz CT molecular complexity index is 406. The molecule has 1 atom stereocenters. The third kappa shape index (κ3) is 4.75. The van der Waals surface area contributed by atoms with E-state index in [1.165, 1.54) is 12.1 Å². The number of nitrogens with one attached hydrogen (secondary N) is 2. The number of aliphatic hydroxyl groups excluding tert-OH is 1. The Labute approximate surface area is 104 Å². The maximum Gasteiger partial charge on any atom is 0.269 e. The van der Waals surface area contributed by atoms with Gasteiger partial charge in [0.15, 0.2) is 5.11 Å². The number of hydrogen-bond acceptors (Lipinski definition) is 4. The van der Waals surface area contributed by atoms with E-state index in [9.17, 15) is 10.1 Å². The Morgan fingerprint density at radius 2 is 2.12 bits per heavy atom. The van der Waals surface area contributed by atoms with Crippen LogP contribution in [0.4, 0.5) is 11.4 Å². The third-order valence-electron chi connectivity index (χ3n) is 1.89. The van der Waals surface area contributed by atoms with Crippen LogP contribution in [0.15, 0.2) is 24.3 Å². The molecule has 1 aromatic rings. The molecule has 0 aromatic heterocycles. The van der Waals surface area contributed by atoms with Gasteiger partial charge in [0.25, 0.3) is 5.69 Å². The predicted octanol–water partition coefficient (Wildman–Crippen LogP) is 1.26. The van der Waals surface area contributed by atoms with Crippen molar-refractivity contribution in [1.29, 1.82) is 0 Å². The van der Waals surface area contributed by atoms with Crippen molar-refractivity contribution < 1.29 is 10.0 Å². The van der Waals surface area contributed by atoms with Crippen molar-refractivity contribution in [1.82, 2.24) is 5.32 Å². The number of thiocarbonyl (C=S) groups is 1. The highest BCUT2D eigenvalue weighted by Gasteiger charge is 2.04. The van der Waals surface area contributed by atoms with E-state index in [0.717, 1.165) is 0 Å². The van der Waals surface area contributed by atoms with Crippen molar-refractivity contribution in [3.63, 3.8) is 0 Å². The highest BCUT2D eigenvalue weighted by molar-refractivity contribution is 7.80. The minimum Gasteiger partial charge on any atom is -0.392 e. The van der Waals surface area contributed by atoms with Gasteiger partial charge in [-0.05, 0) is 31.3 Å². The molecule has 92 valence electrons. The molecule has 1 aromatic carbocycles. The van der Waals surface area contributed by atoms with E-state index < -0.39 is 11.0 Å². The number of non-ortho nitro benzene ring substituents is 1. The van der Waals surface area contributed by atoms with Crippen LogP contribution < -0.4 is 10.6 Å². The van der Waals surface area contributed by atoms with Crippen LogP contribution in [-0.4, -0.2) is 27.8 Å². The van der Waals surface area contributed by atoms with Gasteiger partial charge in [-0.2, -0.15) is 0 Å². The molecule has 0 saturated carbocycles. The summed E-state index contributed by atoms with van der Waals surface area (Å²) in [6.07, 6.45) is -0.494. The maximum atomic E-state index is 10.4. The van der Waals surface area contributed by atoms with Gasteiger partial charge in [-0.25, -0.2) is 0 Å². The highest BCUT2D eigenvalue weighted by Crippen LogP contribution is 2.15. The molecule has 0 aliphatic rings. The maximum absolute atomic E-state index is 10.4. The number of nitro groups is 1. The molecule has 0 aliphatic carbocycles. The molecular weight excluding hydrogens is 242 g/mol. The summed E-state index contributed by atoms with van der Waals surface area (Å²) >= 11 is 4.97. The Morgan fingerprint density at radius 3 is 2.59 bits per heavy atom. The van der Waals surface area contributed by atoms with Gasteiger partial charge in [-0.1, -0.05) is 0 Å². The summed E-state index contributed by atoms with van der Waals surface area (Å²) in [5.74, 6) is 0. The summed E-state index contributed by atoms with van der Waals surface area (Å²) in [6.45, 7) is 1.99. The topological polar surface area (TPSA) is 87.4 Å². The monoisotopic (exact) mass is 255 g/mol. The van der Waals surface area contributed by atoms with E-state index in [0.29, 0.717) is 17.3 Å². The van der Waals surface area contributed by atoms with Gasteiger partial charge in [0.05, 0.1) is 11.0 Å². The molecule has 3 N–H and O–H groups in total. The van der Waals surface area contributed by atoms with Crippen LogP contribution in [0.25, 0.3) is 0 Å². The summed E-state index contributed by atoms with van der Waals surface area (Å²) in [6, 6.07) is 5.90. The standard InChI is InChI=1S/C10H13N3O3S/c1-7(14)6-11-10(17)12-8-2-4-9(5-3-8)13(15)16/h2-5,7,14H,6H2,1H3,(H2,11,12,17)/t7-/m1/s1. The zero-order valence-corrected chi connectivity index (χ0v) is 10.0. The molecule has 0 heterocycles. The smallest absolute Gasteiger partial charge is 0.269 e. The summed E-state index contributed by atoms with van der Waals surface area (Å²) in [4.78, 5) is 9.97. The number of rotatable bonds is 4. The largest absolute Gasteiger partial charge is 0.392 e. The van der Waals surface area contributed by atoms with Crippen LogP contribution in [0.1, 0.15) is 6.92 Å². The summed E-state index contributed by atoms with van der Waals surface area (Å²) < 4.78 is 0. The molecule has 6 nitrogen and oxygen atoms in total. The summed E-state index contributed by atoms with van der Waals surface area (Å²) in [7, 11) is 0. The lowest BCUT2D eigenvalue weighted by Gasteiger charge is -2.11. The van der Waals surface area contributed by atoms with Crippen LogP contribution in [0.2, 0.25) is 0 Å². The molecular formula is C10H13N3O3S. The molecule has 0 spiro atoms. The SMILES string of the molecule is C[C@@H](O)CNC(=S)Nc1ccc([N+](=O)[O-])cc1. The lowest BCUT2D eigenvalue weighted by molar-refractivity contribution is -0.384. The number of nitrogens with zero attached hydrogens (tertiary/aromatic N) is 1. The fraction of sp³-hybridized carbons (Fsp3) is 0.300. The van der Waals surface area contributed by atoms with Crippen LogP contribution in [0, 0.1) is 10.1 Å². The predicted molar refractivity (Wildman–Crippen MR) is 69.0 cm³/mol. The molecule has 7 heteroatoms. The number of anilines is 1. The number of hydrogen-bond donors (Lipinski definition) is 3. The van der Waals surface area contributed by atoms with Gasteiger partial charge in [0.2, 0.25) is 0 Å². The van der Waals surface area contributed by atoms with Crippen molar-refractivity contribution >= 4 is 28.7 Å². The Balaban J connectivity index is 2.51. The minimum absolute atomic E-state index is 0.0263. The van der Waals surface area contributed by atoms with E-state index in [1.807, 2.05) is 0 Å². The Hall–Kier alpha value is -1.73. The number of nitro benzene ring substituents is 1.